The molecule has 1 heterocycles. The molecule has 1 saturated heterocycles. The third-order valence-corrected chi connectivity index (χ3v) is 3.79. The van der Waals surface area contributed by atoms with Crippen LogP contribution >= 0.6 is 0 Å². The van der Waals surface area contributed by atoms with Gasteiger partial charge in [0.1, 0.15) is 0 Å². The fourth-order valence-corrected chi connectivity index (χ4v) is 2.51. The minimum absolute atomic E-state index is 0.206. The molecule has 1 aliphatic rings. The number of alkyl halides is 3. The monoisotopic (exact) mass is 272 g/mol. The van der Waals surface area contributed by atoms with E-state index in [0.29, 0.717) is 19.6 Å². The van der Waals surface area contributed by atoms with Crippen molar-refractivity contribution in [2.45, 2.75) is 32.5 Å². The number of aryl methyl sites for hydroxylation is 1. The molecule has 106 valence electrons. The van der Waals surface area contributed by atoms with Crippen molar-refractivity contribution >= 4 is 5.69 Å². The van der Waals surface area contributed by atoms with E-state index in [1.165, 1.54) is 0 Å². The lowest BCUT2D eigenvalue weighted by Gasteiger charge is -2.32. The van der Waals surface area contributed by atoms with Gasteiger partial charge in [-0.15, -0.1) is 0 Å². The average Bonchev–Trinajstić information content (AvgIpc) is 2.33. The molecule has 0 bridgehead atoms. The van der Waals surface area contributed by atoms with E-state index < -0.39 is 12.1 Å². The SMILES string of the molecule is Cc1cc(CN2CCC(C(F)(F)F)CC2)ccc1N. The number of hydrogen-bond acceptors (Lipinski definition) is 2. The van der Waals surface area contributed by atoms with Crippen LogP contribution in [0.2, 0.25) is 0 Å². The fourth-order valence-electron chi connectivity index (χ4n) is 2.51. The summed E-state index contributed by atoms with van der Waals surface area (Å²) < 4.78 is 37.7. The summed E-state index contributed by atoms with van der Waals surface area (Å²) >= 11 is 0. The summed E-state index contributed by atoms with van der Waals surface area (Å²) in [5.41, 5.74) is 8.62. The first-order chi connectivity index (χ1) is 8.86. The van der Waals surface area contributed by atoms with Crippen molar-refractivity contribution in [3.05, 3.63) is 29.3 Å². The highest BCUT2D eigenvalue weighted by molar-refractivity contribution is 5.47. The molecular formula is C14H19F3N2. The maximum atomic E-state index is 12.6. The van der Waals surface area contributed by atoms with E-state index in [9.17, 15) is 13.2 Å². The molecule has 0 saturated carbocycles. The molecule has 0 amide bonds. The first-order valence-electron chi connectivity index (χ1n) is 6.50. The molecule has 1 aliphatic heterocycles. The number of hydrogen-bond donors (Lipinski definition) is 1. The van der Waals surface area contributed by atoms with Crippen LogP contribution in [0.5, 0.6) is 0 Å². The van der Waals surface area contributed by atoms with Crippen LogP contribution in [0.4, 0.5) is 18.9 Å². The second-order valence-corrected chi connectivity index (χ2v) is 5.28. The lowest BCUT2D eigenvalue weighted by Crippen LogP contribution is -2.38. The zero-order valence-electron chi connectivity index (χ0n) is 11.0. The van der Waals surface area contributed by atoms with Gasteiger partial charge in [-0.1, -0.05) is 12.1 Å². The minimum Gasteiger partial charge on any atom is -0.399 e. The van der Waals surface area contributed by atoms with Crippen molar-refractivity contribution in [2.24, 2.45) is 5.92 Å². The van der Waals surface area contributed by atoms with Gasteiger partial charge in [0.05, 0.1) is 5.92 Å². The van der Waals surface area contributed by atoms with Gasteiger partial charge >= 0.3 is 6.18 Å². The molecule has 19 heavy (non-hydrogen) atoms. The van der Waals surface area contributed by atoms with Crippen molar-refractivity contribution in [3.8, 4) is 0 Å². The fraction of sp³-hybridized carbons (Fsp3) is 0.571. The van der Waals surface area contributed by atoms with Gasteiger partial charge < -0.3 is 5.73 Å². The number of likely N-dealkylation sites (tertiary alicyclic amines) is 1. The smallest absolute Gasteiger partial charge is 0.391 e. The number of halogens is 3. The number of rotatable bonds is 2. The van der Waals surface area contributed by atoms with Crippen LogP contribution in [-0.2, 0) is 6.54 Å². The van der Waals surface area contributed by atoms with E-state index in [0.717, 1.165) is 16.8 Å². The zero-order chi connectivity index (χ0) is 14.0. The van der Waals surface area contributed by atoms with Crippen molar-refractivity contribution in [1.29, 1.82) is 0 Å². The van der Waals surface area contributed by atoms with Gasteiger partial charge in [0.2, 0.25) is 0 Å². The van der Waals surface area contributed by atoms with Crippen LogP contribution in [-0.4, -0.2) is 24.2 Å². The Bertz CT molecular complexity index is 435. The normalized spacial score (nSPS) is 18.7. The van der Waals surface area contributed by atoms with Gasteiger partial charge in [-0.3, -0.25) is 4.90 Å². The lowest BCUT2D eigenvalue weighted by atomic mass is 9.96. The molecule has 2 N–H and O–H groups in total. The topological polar surface area (TPSA) is 29.3 Å². The minimum atomic E-state index is -4.04. The van der Waals surface area contributed by atoms with Crippen molar-refractivity contribution < 1.29 is 13.2 Å². The van der Waals surface area contributed by atoms with Crippen molar-refractivity contribution in [1.82, 2.24) is 4.90 Å². The summed E-state index contributed by atoms with van der Waals surface area (Å²) in [7, 11) is 0. The largest absolute Gasteiger partial charge is 0.399 e. The summed E-state index contributed by atoms with van der Waals surface area (Å²) in [5, 5.41) is 0. The Kier molecular flexibility index (Phi) is 4.04. The first-order valence-corrected chi connectivity index (χ1v) is 6.50. The summed E-state index contributed by atoms with van der Waals surface area (Å²) in [6, 6.07) is 5.80. The molecule has 0 aliphatic carbocycles. The van der Waals surface area contributed by atoms with E-state index in [4.69, 9.17) is 5.73 Å². The van der Waals surface area contributed by atoms with Crippen LogP contribution in [0.3, 0.4) is 0 Å². The van der Waals surface area contributed by atoms with Gasteiger partial charge in [0.15, 0.2) is 0 Å². The number of piperidine rings is 1. The molecule has 5 heteroatoms. The molecule has 1 aromatic rings. The van der Waals surface area contributed by atoms with Gasteiger partial charge in [0, 0.05) is 12.2 Å². The number of nitrogen functional groups attached to an aromatic ring is 1. The maximum absolute atomic E-state index is 12.6. The highest BCUT2D eigenvalue weighted by atomic mass is 19.4. The van der Waals surface area contributed by atoms with E-state index in [1.807, 2.05) is 25.1 Å². The van der Waals surface area contributed by atoms with Gasteiger partial charge in [-0.25, -0.2) is 0 Å². The summed E-state index contributed by atoms with van der Waals surface area (Å²) in [6.45, 7) is 3.65. The van der Waals surface area contributed by atoms with Crippen LogP contribution < -0.4 is 5.73 Å². The van der Waals surface area contributed by atoms with Gasteiger partial charge in [0.25, 0.3) is 0 Å². The number of nitrogens with zero attached hydrogens (tertiary/aromatic N) is 1. The summed E-state index contributed by atoms with van der Waals surface area (Å²) in [4.78, 5) is 2.08. The Hall–Kier alpha value is -1.23. The predicted molar refractivity (Wildman–Crippen MR) is 69.6 cm³/mol. The van der Waals surface area contributed by atoms with Crippen LogP contribution in [0.15, 0.2) is 18.2 Å². The third-order valence-electron chi connectivity index (χ3n) is 3.79. The second kappa shape index (κ2) is 5.41. The Labute approximate surface area is 111 Å². The molecule has 2 rings (SSSR count). The average molecular weight is 272 g/mol. The van der Waals surface area contributed by atoms with Gasteiger partial charge in [-0.2, -0.15) is 13.2 Å². The Morgan fingerprint density at radius 1 is 1.26 bits per heavy atom. The third kappa shape index (κ3) is 3.62. The Balaban J connectivity index is 1.90. The zero-order valence-corrected chi connectivity index (χ0v) is 11.0. The van der Waals surface area contributed by atoms with Crippen molar-refractivity contribution in [3.63, 3.8) is 0 Å². The number of nitrogens with two attached hydrogens (primary N) is 1. The molecule has 2 nitrogen and oxygen atoms in total. The van der Waals surface area contributed by atoms with Crippen LogP contribution in [0.25, 0.3) is 0 Å². The molecule has 0 atom stereocenters. The highest BCUT2D eigenvalue weighted by Gasteiger charge is 2.40. The second-order valence-electron chi connectivity index (χ2n) is 5.28. The first kappa shape index (κ1) is 14.2. The molecule has 0 aromatic heterocycles. The van der Waals surface area contributed by atoms with E-state index in [-0.39, 0.29) is 12.8 Å². The molecular weight excluding hydrogens is 253 g/mol. The Morgan fingerprint density at radius 3 is 2.42 bits per heavy atom. The summed E-state index contributed by atoms with van der Waals surface area (Å²) in [6.07, 6.45) is -3.63. The van der Waals surface area contributed by atoms with Crippen LogP contribution in [0, 0.1) is 12.8 Å². The van der Waals surface area contributed by atoms with Gasteiger partial charge in [-0.05, 0) is 50.0 Å². The molecule has 0 radical (unpaired) electrons. The lowest BCUT2D eigenvalue weighted by molar-refractivity contribution is -0.185. The standard InChI is InChI=1S/C14H19F3N2/c1-10-8-11(2-3-13(10)18)9-19-6-4-12(5-7-19)14(15,16)17/h2-3,8,12H,4-7,9,18H2,1H3. The van der Waals surface area contributed by atoms with E-state index in [1.54, 1.807) is 0 Å². The van der Waals surface area contributed by atoms with E-state index in [2.05, 4.69) is 4.90 Å². The molecule has 1 fully saturated rings. The molecule has 1 aromatic carbocycles. The molecule has 0 unspecified atom stereocenters. The number of benzene rings is 1. The van der Waals surface area contributed by atoms with E-state index >= 15 is 0 Å². The summed E-state index contributed by atoms with van der Waals surface area (Å²) in [5.74, 6) is -1.13. The van der Waals surface area contributed by atoms with Crippen molar-refractivity contribution in [2.75, 3.05) is 18.8 Å². The number of anilines is 1. The Morgan fingerprint density at radius 2 is 1.89 bits per heavy atom. The highest BCUT2D eigenvalue weighted by Crippen LogP contribution is 2.34. The predicted octanol–water partition coefficient (Wildman–Crippen LogP) is 3.35. The van der Waals surface area contributed by atoms with Crippen LogP contribution in [0.1, 0.15) is 24.0 Å². The molecule has 0 spiro atoms. The maximum Gasteiger partial charge on any atom is 0.391 e. The quantitative estimate of drug-likeness (QED) is 0.837.